The van der Waals surface area contributed by atoms with Gasteiger partial charge in [0.1, 0.15) is 0 Å². The van der Waals surface area contributed by atoms with Crippen LogP contribution < -0.4 is 5.73 Å². The van der Waals surface area contributed by atoms with Crippen molar-refractivity contribution in [3.8, 4) is 0 Å². The first kappa shape index (κ1) is 16.7. The van der Waals surface area contributed by atoms with Gasteiger partial charge in [0.25, 0.3) is 0 Å². The van der Waals surface area contributed by atoms with E-state index in [0.29, 0.717) is 0 Å². The second-order valence-corrected chi connectivity index (χ2v) is 5.65. The summed E-state index contributed by atoms with van der Waals surface area (Å²) >= 11 is 0. The third kappa shape index (κ3) is 5.77. The van der Waals surface area contributed by atoms with E-state index in [1.807, 2.05) is 0 Å². The molecule has 2 heteroatoms. The molecule has 0 unspecified atom stereocenters. The zero-order valence-corrected chi connectivity index (χ0v) is 13.0. The maximum atomic E-state index is 10.7. The summed E-state index contributed by atoms with van der Waals surface area (Å²) in [4.78, 5) is 10.7. The van der Waals surface area contributed by atoms with Crippen LogP contribution in [0.25, 0.3) is 0 Å². The van der Waals surface area contributed by atoms with Crippen LogP contribution in [0.2, 0.25) is 0 Å². The molecular weight excluding hydrogens is 246 g/mol. The van der Waals surface area contributed by atoms with Crippen LogP contribution in [-0.2, 0) is 17.6 Å². The standard InChI is InChI=1S/C10H12.C8H17NO/c1-2-6-10-8-4-3-7-9(10)5-1;1-3-5-7(6-4-2)8(9)10/h1-2,5-6H,3-4,7-8H2;7H,3-6H2,1-2H3,(H2,9,10). The fourth-order valence-corrected chi connectivity index (χ4v) is 2.80. The average molecular weight is 275 g/mol. The number of hydrogen-bond acceptors (Lipinski definition) is 1. The van der Waals surface area contributed by atoms with Gasteiger partial charge in [-0.25, -0.2) is 0 Å². The molecule has 0 spiro atoms. The van der Waals surface area contributed by atoms with Crippen LogP contribution in [0.1, 0.15) is 63.5 Å². The topological polar surface area (TPSA) is 43.1 Å². The summed E-state index contributed by atoms with van der Waals surface area (Å²) in [7, 11) is 0. The molecule has 2 nitrogen and oxygen atoms in total. The first-order chi connectivity index (χ1) is 9.69. The number of carbonyl (C=O) groups is 1. The van der Waals surface area contributed by atoms with Gasteiger partial charge in [0.05, 0.1) is 0 Å². The molecule has 0 atom stereocenters. The van der Waals surface area contributed by atoms with Crippen LogP contribution in [0.5, 0.6) is 0 Å². The van der Waals surface area contributed by atoms with E-state index >= 15 is 0 Å². The first-order valence-electron chi connectivity index (χ1n) is 8.05. The van der Waals surface area contributed by atoms with Gasteiger partial charge in [0, 0.05) is 5.92 Å². The van der Waals surface area contributed by atoms with Crippen LogP contribution in [0.4, 0.5) is 0 Å². The van der Waals surface area contributed by atoms with Crippen molar-refractivity contribution in [2.24, 2.45) is 11.7 Å². The minimum atomic E-state index is -0.135. The van der Waals surface area contributed by atoms with Gasteiger partial charge in [0.15, 0.2) is 0 Å². The van der Waals surface area contributed by atoms with E-state index < -0.39 is 0 Å². The third-order valence-corrected chi connectivity index (χ3v) is 3.94. The number of aryl methyl sites for hydroxylation is 2. The number of rotatable bonds is 5. The van der Waals surface area contributed by atoms with Crippen LogP contribution in [0.3, 0.4) is 0 Å². The molecule has 0 radical (unpaired) electrons. The molecule has 0 saturated carbocycles. The van der Waals surface area contributed by atoms with Gasteiger partial charge in [-0.3, -0.25) is 4.79 Å². The highest BCUT2D eigenvalue weighted by atomic mass is 16.1. The van der Waals surface area contributed by atoms with Crippen LogP contribution in [0, 0.1) is 5.92 Å². The number of hydrogen-bond donors (Lipinski definition) is 1. The SMILES string of the molecule is CCCC(CCC)C(N)=O.c1ccc2c(c1)CCCC2. The molecule has 0 aromatic heterocycles. The maximum absolute atomic E-state index is 10.7. The van der Waals surface area contributed by atoms with E-state index in [-0.39, 0.29) is 11.8 Å². The van der Waals surface area contributed by atoms with Crippen molar-refractivity contribution >= 4 is 5.91 Å². The highest BCUT2D eigenvalue weighted by molar-refractivity contribution is 5.76. The molecule has 1 aliphatic carbocycles. The molecule has 1 aromatic carbocycles. The third-order valence-electron chi connectivity index (χ3n) is 3.94. The van der Waals surface area contributed by atoms with Crippen molar-refractivity contribution in [1.29, 1.82) is 0 Å². The molecule has 112 valence electrons. The molecule has 20 heavy (non-hydrogen) atoms. The van der Waals surface area contributed by atoms with E-state index in [0.717, 1.165) is 25.7 Å². The first-order valence-corrected chi connectivity index (χ1v) is 8.05. The van der Waals surface area contributed by atoms with Crippen molar-refractivity contribution in [3.63, 3.8) is 0 Å². The molecule has 0 saturated heterocycles. The van der Waals surface area contributed by atoms with Crippen LogP contribution in [0.15, 0.2) is 24.3 Å². The Morgan fingerprint density at radius 2 is 1.50 bits per heavy atom. The smallest absolute Gasteiger partial charge is 0.220 e. The summed E-state index contributed by atoms with van der Waals surface area (Å²) in [5.41, 5.74) is 8.33. The molecule has 0 heterocycles. The summed E-state index contributed by atoms with van der Waals surface area (Å²) in [5, 5.41) is 0. The lowest BCUT2D eigenvalue weighted by molar-refractivity contribution is -0.122. The van der Waals surface area contributed by atoms with E-state index in [2.05, 4.69) is 38.1 Å². The Labute approximate surface area is 123 Å². The number of primary amides is 1. The summed E-state index contributed by atoms with van der Waals surface area (Å²) < 4.78 is 0. The zero-order valence-electron chi connectivity index (χ0n) is 13.0. The van der Waals surface area contributed by atoms with Gasteiger partial charge in [-0.1, -0.05) is 51.0 Å². The summed E-state index contributed by atoms with van der Waals surface area (Å²) in [6.45, 7) is 4.15. The van der Waals surface area contributed by atoms with Crippen molar-refractivity contribution < 1.29 is 4.79 Å². The van der Waals surface area contributed by atoms with Gasteiger partial charge >= 0.3 is 0 Å². The largest absolute Gasteiger partial charge is 0.369 e. The molecule has 2 N–H and O–H groups in total. The summed E-state index contributed by atoms with van der Waals surface area (Å²) in [5.74, 6) is -0.0151. The van der Waals surface area contributed by atoms with E-state index in [9.17, 15) is 4.79 Å². The number of benzene rings is 1. The predicted molar refractivity (Wildman–Crippen MR) is 85.6 cm³/mol. The Kier molecular flexibility index (Phi) is 8.01. The predicted octanol–water partition coefficient (Wildman–Crippen LogP) is 4.25. The Bertz CT molecular complexity index is 369. The molecule has 0 fully saturated rings. The van der Waals surface area contributed by atoms with E-state index in [1.54, 1.807) is 11.1 Å². The van der Waals surface area contributed by atoms with Gasteiger partial charge in [-0.15, -0.1) is 0 Å². The second kappa shape index (κ2) is 9.57. The van der Waals surface area contributed by atoms with Gasteiger partial charge in [0.2, 0.25) is 5.91 Å². The van der Waals surface area contributed by atoms with Crippen LogP contribution >= 0.6 is 0 Å². The quantitative estimate of drug-likeness (QED) is 0.857. The molecule has 1 amide bonds. The minimum Gasteiger partial charge on any atom is -0.369 e. The van der Waals surface area contributed by atoms with Crippen molar-refractivity contribution in [3.05, 3.63) is 35.4 Å². The number of carbonyl (C=O) groups excluding carboxylic acids is 1. The van der Waals surface area contributed by atoms with E-state index in [1.165, 1.54) is 25.7 Å². The van der Waals surface area contributed by atoms with Crippen molar-refractivity contribution in [1.82, 2.24) is 0 Å². The Morgan fingerprint density at radius 3 is 1.85 bits per heavy atom. The number of nitrogens with two attached hydrogens (primary N) is 1. The molecule has 0 bridgehead atoms. The highest BCUT2D eigenvalue weighted by Crippen LogP contribution is 2.19. The summed E-state index contributed by atoms with van der Waals surface area (Å²) in [6.07, 6.45) is 9.37. The summed E-state index contributed by atoms with van der Waals surface area (Å²) in [6, 6.07) is 8.80. The maximum Gasteiger partial charge on any atom is 0.220 e. The van der Waals surface area contributed by atoms with Gasteiger partial charge in [-0.05, 0) is 49.7 Å². The molecule has 1 aliphatic rings. The lowest BCUT2D eigenvalue weighted by atomic mass is 9.92. The second-order valence-electron chi connectivity index (χ2n) is 5.65. The Hall–Kier alpha value is -1.31. The monoisotopic (exact) mass is 275 g/mol. The van der Waals surface area contributed by atoms with E-state index in [4.69, 9.17) is 5.73 Å². The number of amides is 1. The van der Waals surface area contributed by atoms with Crippen LogP contribution in [-0.4, -0.2) is 5.91 Å². The van der Waals surface area contributed by atoms with Crippen molar-refractivity contribution in [2.75, 3.05) is 0 Å². The van der Waals surface area contributed by atoms with Gasteiger partial charge in [-0.2, -0.15) is 0 Å². The van der Waals surface area contributed by atoms with Gasteiger partial charge < -0.3 is 5.73 Å². The Balaban J connectivity index is 0.000000200. The fourth-order valence-electron chi connectivity index (χ4n) is 2.80. The molecular formula is C18H29NO. The average Bonchev–Trinajstić information content (AvgIpc) is 2.48. The lowest BCUT2D eigenvalue weighted by Crippen LogP contribution is -2.22. The lowest BCUT2D eigenvalue weighted by Gasteiger charge is -2.13. The minimum absolute atomic E-state index is 0.120. The molecule has 2 rings (SSSR count). The Morgan fingerprint density at radius 1 is 1.05 bits per heavy atom. The number of fused-ring (bicyclic) bond motifs is 1. The zero-order chi connectivity index (χ0) is 14.8. The normalized spacial score (nSPS) is 13.3. The molecule has 0 aliphatic heterocycles. The molecule has 1 aromatic rings. The fraction of sp³-hybridized carbons (Fsp3) is 0.611. The van der Waals surface area contributed by atoms with Crippen molar-refractivity contribution in [2.45, 2.75) is 65.2 Å². The highest BCUT2D eigenvalue weighted by Gasteiger charge is 2.11.